The molecule has 3 aliphatic rings. The van der Waals surface area contributed by atoms with E-state index in [4.69, 9.17) is 0 Å². The Morgan fingerprint density at radius 2 is 1.65 bits per heavy atom. The summed E-state index contributed by atoms with van der Waals surface area (Å²) in [7, 11) is -3.80. The Kier molecular flexibility index (Phi) is 5.64. The molecule has 3 amide bonds. The fraction of sp³-hybridized carbons (Fsp3) is 0.375. The van der Waals surface area contributed by atoms with Gasteiger partial charge in [0.1, 0.15) is 11.6 Å². The van der Waals surface area contributed by atoms with Gasteiger partial charge in [-0.15, -0.1) is 0 Å². The third kappa shape index (κ3) is 3.76. The average molecular weight is 480 g/mol. The first kappa shape index (κ1) is 22.5. The highest BCUT2D eigenvalue weighted by Gasteiger charge is 2.52. The lowest BCUT2D eigenvalue weighted by Gasteiger charge is -2.36. The summed E-state index contributed by atoms with van der Waals surface area (Å²) in [5.41, 5.74) is 1.51. The molecule has 1 aliphatic carbocycles. The molecule has 176 valence electrons. The smallest absolute Gasteiger partial charge is 0.323 e. The van der Waals surface area contributed by atoms with Crippen molar-refractivity contribution < 1.29 is 18.0 Å². The zero-order valence-corrected chi connectivity index (χ0v) is 19.4. The largest absolute Gasteiger partial charge is 0.326 e. The Bertz CT molecular complexity index is 1300. The van der Waals surface area contributed by atoms with Crippen molar-refractivity contribution in [2.24, 2.45) is 0 Å². The molecule has 2 heterocycles. The standard InChI is InChI=1S/C24H25N5O4S/c25-16-20-7-3-4-8-21(20)34(32,33)28-13-11-27(12-14-28)17-29-22(30)24(26-23(29)31)10-9-18-5-1-2-6-19(18)15-24/h1-8H,9-15,17H2,(H,26,31). The molecule has 1 N–H and O–H groups in total. The number of hydrogen-bond acceptors (Lipinski definition) is 6. The van der Waals surface area contributed by atoms with Crippen LogP contribution >= 0.6 is 0 Å². The number of amides is 3. The van der Waals surface area contributed by atoms with Crippen molar-refractivity contribution in [2.45, 2.75) is 29.7 Å². The molecule has 1 spiro atoms. The molecule has 1 unspecified atom stereocenters. The van der Waals surface area contributed by atoms with E-state index in [0.717, 1.165) is 12.0 Å². The Hall–Kier alpha value is -3.26. The molecular weight excluding hydrogens is 454 g/mol. The van der Waals surface area contributed by atoms with Gasteiger partial charge in [-0.1, -0.05) is 36.4 Å². The van der Waals surface area contributed by atoms with E-state index in [1.54, 1.807) is 12.1 Å². The molecule has 0 bridgehead atoms. The number of urea groups is 1. The van der Waals surface area contributed by atoms with Crippen LogP contribution in [-0.2, 0) is 27.7 Å². The first-order valence-corrected chi connectivity index (χ1v) is 12.7. The first-order chi connectivity index (χ1) is 16.3. The van der Waals surface area contributed by atoms with Crippen LogP contribution in [0.1, 0.15) is 23.1 Å². The molecule has 1 atom stereocenters. The van der Waals surface area contributed by atoms with Crippen molar-refractivity contribution >= 4 is 22.0 Å². The van der Waals surface area contributed by atoms with E-state index in [0.29, 0.717) is 25.9 Å². The highest BCUT2D eigenvalue weighted by Crippen LogP contribution is 2.33. The third-order valence-electron chi connectivity index (χ3n) is 6.98. The summed E-state index contributed by atoms with van der Waals surface area (Å²) in [6, 6.07) is 15.7. The number of rotatable bonds is 4. The lowest BCUT2D eigenvalue weighted by molar-refractivity contribution is -0.133. The third-order valence-corrected chi connectivity index (χ3v) is 8.93. The fourth-order valence-corrected chi connectivity index (χ4v) is 6.63. The number of fused-ring (bicyclic) bond motifs is 1. The van der Waals surface area contributed by atoms with Gasteiger partial charge in [-0.3, -0.25) is 9.69 Å². The van der Waals surface area contributed by atoms with Gasteiger partial charge < -0.3 is 5.32 Å². The lowest BCUT2D eigenvalue weighted by Crippen LogP contribution is -2.54. The van der Waals surface area contributed by atoms with E-state index >= 15 is 0 Å². The molecule has 2 fully saturated rings. The summed E-state index contributed by atoms with van der Waals surface area (Å²) < 4.78 is 27.5. The summed E-state index contributed by atoms with van der Waals surface area (Å²) in [4.78, 5) is 29.3. The predicted molar refractivity (Wildman–Crippen MR) is 123 cm³/mol. The van der Waals surface area contributed by atoms with Crippen molar-refractivity contribution in [3.8, 4) is 6.07 Å². The molecule has 2 saturated heterocycles. The van der Waals surface area contributed by atoms with E-state index in [2.05, 4.69) is 11.4 Å². The monoisotopic (exact) mass is 479 g/mol. The average Bonchev–Trinajstić information content (AvgIpc) is 3.08. The minimum Gasteiger partial charge on any atom is -0.323 e. The number of sulfonamides is 1. The van der Waals surface area contributed by atoms with Crippen LogP contribution in [0.4, 0.5) is 4.79 Å². The van der Waals surface area contributed by atoms with E-state index in [9.17, 15) is 23.3 Å². The molecule has 0 radical (unpaired) electrons. The van der Waals surface area contributed by atoms with Crippen LogP contribution in [0.25, 0.3) is 0 Å². The molecule has 9 nitrogen and oxygen atoms in total. The van der Waals surface area contributed by atoms with E-state index in [1.807, 2.05) is 29.2 Å². The Labute approximate surface area is 198 Å². The SMILES string of the molecule is N#Cc1ccccc1S(=O)(=O)N1CCN(CN2C(=O)NC3(CCc4ccccc4C3)C2=O)CC1. The number of carbonyl (C=O) groups excluding carboxylic acids is 2. The molecule has 2 aliphatic heterocycles. The van der Waals surface area contributed by atoms with Crippen LogP contribution in [0.15, 0.2) is 53.4 Å². The zero-order valence-electron chi connectivity index (χ0n) is 18.6. The van der Waals surface area contributed by atoms with Crippen molar-refractivity contribution in [1.29, 1.82) is 5.26 Å². The van der Waals surface area contributed by atoms with Gasteiger partial charge in [-0.05, 0) is 36.1 Å². The normalized spacial score (nSPS) is 23.6. The number of nitrogens with one attached hydrogen (secondary N) is 1. The molecule has 0 aromatic heterocycles. The van der Waals surface area contributed by atoms with Crippen LogP contribution in [0.3, 0.4) is 0 Å². The van der Waals surface area contributed by atoms with Crippen molar-refractivity contribution in [2.75, 3.05) is 32.8 Å². The van der Waals surface area contributed by atoms with Gasteiger partial charge in [0.2, 0.25) is 10.0 Å². The quantitative estimate of drug-likeness (QED) is 0.662. The lowest BCUT2D eigenvalue weighted by atomic mass is 9.78. The van der Waals surface area contributed by atoms with Crippen LogP contribution < -0.4 is 5.32 Å². The maximum absolute atomic E-state index is 13.3. The number of imide groups is 1. The summed E-state index contributed by atoms with van der Waals surface area (Å²) in [5.74, 6) is -0.218. The maximum atomic E-state index is 13.3. The topological polar surface area (TPSA) is 114 Å². The van der Waals surface area contributed by atoms with Gasteiger partial charge in [0.25, 0.3) is 5.91 Å². The number of carbonyl (C=O) groups is 2. The minimum absolute atomic E-state index is 0.000398. The van der Waals surface area contributed by atoms with Gasteiger partial charge >= 0.3 is 6.03 Å². The number of nitrogens with zero attached hydrogens (tertiary/aromatic N) is 4. The molecule has 5 rings (SSSR count). The van der Waals surface area contributed by atoms with Crippen LogP contribution in [-0.4, -0.2) is 72.8 Å². The summed E-state index contributed by atoms with van der Waals surface area (Å²) in [6.07, 6.45) is 1.78. The number of nitriles is 1. The van der Waals surface area contributed by atoms with Gasteiger partial charge in [-0.25, -0.2) is 18.1 Å². The van der Waals surface area contributed by atoms with Crippen LogP contribution in [0.5, 0.6) is 0 Å². The Balaban J connectivity index is 1.24. The van der Waals surface area contributed by atoms with Crippen molar-refractivity contribution in [3.05, 3.63) is 65.2 Å². The number of hydrogen-bond donors (Lipinski definition) is 1. The second-order valence-corrected chi connectivity index (χ2v) is 10.9. The van der Waals surface area contributed by atoms with Gasteiger partial charge in [-0.2, -0.15) is 9.57 Å². The highest BCUT2D eigenvalue weighted by molar-refractivity contribution is 7.89. The van der Waals surface area contributed by atoms with Crippen LogP contribution in [0.2, 0.25) is 0 Å². The van der Waals surface area contributed by atoms with E-state index < -0.39 is 21.6 Å². The molecule has 2 aromatic carbocycles. The van der Waals surface area contributed by atoms with Gasteiger partial charge in [0, 0.05) is 32.6 Å². The molecule has 34 heavy (non-hydrogen) atoms. The Morgan fingerprint density at radius 3 is 2.38 bits per heavy atom. The Morgan fingerprint density at radius 1 is 0.971 bits per heavy atom. The zero-order chi connectivity index (χ0) is 23.9. The highest BCUT2D eigenvalue weighted by atomic mass is 32.2. The molecule has 2 aromatic rings. The summed E-state index contributed by atoms with van der Waals surface area (Å²) in [6.45, 7) is 1.30. The molecule has 0 saturated carbocycles. The first-order valence-electron chi connectivity index (χ1n) is 11.3. The molecular formula is C24H25N5O4S. The second-order valence-electron chi connectivity index (χ2n) is 8.96. The molecule has 10 heteroatoms. The number of benzene rings is 2. The van der Waals surface area contributed by atoms with Crippen molar-refractivity contribution in [1.82, 2.24) is 19.4 Å². The fourth-order valence-electron chi connectivity index (χ4n) is 5.06. The summed E-state index contributed by atoms with van der Waals surface area (Å²) in [5, 5.41) is 12.2. The second kappa shape index (κ2) is 8.51. The number of piperazine rings is 1. The van der Waals surface area contributed by atoms with Gasteiger partial charge in [0.15, 0.2) is 0 Å². The van der Waals surface area contributed by atoms with Crippen LogP contribution in [0, 0.1) is 11.3 Å². The van der Waals surface area contributed by atoms with Gasteiger partial charge in [0.05, 0.1) is 17.1 Å². The summed E-state index contributed by atoms with van der Waals surface area (Å²) >= 11 is 0. The van der Waals surface area contributed by atoms with Crippen molar-refractivity contribution in [3.63, 3.8) is 0 Å². The minimum atomic E-state index is -3.80. The predicted octanol–water partition coefficient (Wildman–Crippen LogP) is 1.30. The van der Waals surface area contributed by atoms with E-state index in [1.165, 1.54) is 26.9 Å². The van der Waals surface area contributed by atoms with E-state index in [-0.39, 0.29) is 36.1 Å². The maximum Gasteiger partial charge on any atom is 0.326 e. The number of aryl methyl sites for hydroxylation is 1.